The minimum absolute atomic E-state index is 0.302. The molecule has 0 aliphatic rings. The maximum atomic E-state index is 12.7. The lowest BCUT2D eigenvalue weighted by Crippen LogP contribution is -2.41. The molecule has 150 valence electrons. The standard InChI is InChI=1S/C22H22N2O4S/c1-23(18-9-5-3-6-10-18)22(25)17-24(29(2,26)27)19-13-15-21(16-14-19)28-20-11-7-4-8-12-20/h3-16H,17H2,1-2H3. The molecule has 3 rings (SSSR count). The molecule has 0 radical (unpaired) electrons. The van der Waals surface area contributed by atoms with Crippen LogP contribution in [0.25, 0.3) is 0 Å². The van der Waals surface area contributed by atoms with Gasteiger partial charge in [-0.1, -0.05) is 36.4 Å². The van der Waals surface area contributed by atoms with Crippen molar-refractivity contribution in [1.82, 2.24) is 0 Å². The van der Waals surface area contributed by atoms with Crippen LogP contribution in [0.2, 0.25) is 0 Å². The second kappa shape index (κ2) is 8.79. The zero-order valence-electron chi connectivity index (χ0n) is 16.2. The molecule has 0 saturated heterocycles. The summed E-state index contributed by atoms with van der Waals surface area (Å²) in [6, 6.07) is 24.9. The lowest BCUT2D eigenvalue weighted by molar-refractivity contribution is -0.116. The maximum absolute atomic E-state index is 12.7. The van der Waals surface area contributed by atoms with Gasteiger partial charge >= 0.3 is 0 Å². The number of sulfonamides is 1. The number of amides is 1. The van der Waals surface area contributed by atoms with E-state index in [1.807, 2.05) is 48.5 Å². The first-order chi connectivity index (χ1) is 13.8. The highest BCUT2D eigenvalue weighted by atomic mass is 32.2. The van der Waals surface area contributed by atoms with Gasteiger partial charge in [-0.25, -0.2) is 8.42 Å². The van der Waals surface area contributed by atoms with Crippen molar-refractivity contribution in [3.8, 4) is 11.5 Å². The first-order valence-corrected chi connectivity index (χ1v) is 10.8. The fourth-order valence-corrected chi connectivity index (χ4v) is 3.58. The molecule has 0 unspecified atom stereocenters. The zero-order chi connectivity index (χ0) is 20.9. The highest BCUT2D eigenvalue weighted by Gasteiger charge is 2.23. The predicted molar refractivity (Wildman–Crippen MR) is 115 cm³/mol. The fraction of sp³-hybridized carbons (Fsp3) is 0.136. The molecule has 0 aliphatic carbocycles. The number of hydrogen-bond donors (Lipinski definition) is 0. The van der Waals surface area contributed by atoms with E-state index in [9.17, 15) is 13.2 Å². The second-order valence-electron chi connectivity index (χ2n) is 6.47. The average Bonchev–Trinajstić information content (AvgIpc) is 2.72. The number of rotatable bonds is 7. The molecule has 0 aliphatic heterocycles. The van der Waals surface area contributed by atoms with Crippen molar-refractivity contribution in [3.63, 3.8) is 0 Å². The summed E-state index contributed by atoms with van der Waals surface area (Å²) in [5.74, 6) is 0.909. The Balaban J connectivity index is 1.77. The highest BCUT2D eigenvalue weighted by molar-refractivity contribution is 7.92. The molecular weight excluding hydrogens is 388 g/mol. The van der Waals surface area contributed by atoms with Crippen LogP contribution >= 0.6 is 0 Å². The minimum Gasteiger partial charge on any atom is -0.457 e. The van der Waals surface area contributed by atoms with Gasteiger partial charge in [-0.15, -0.1) is 0 Å². The van der Waals surface area contributed by atoms with Crippen LogP contribution in [-0.4, -0.2) is 34.2 Å². The fourth-order valence-electron chi connectivity index (χ4n) is 2.73. The topological polar surface area (TPSA) is 66.9 Å². The third kappa shape index (κ3) is 5.36. The minimum atomic E-state index is -3.66. The summed E-state index contributed by atoms with van der Waals surface area (Å²) in [6.07, 6.45) is 1.08. The summed E-state index contributed by atoms with van der Waals surface area (Å²) in [6.45, 7) is -0.302. The Labute approximate surface area is 171 Å². The van der Waals surface area contributed by atoms with E-state index in [0.717, 1.165) is 10.6 Å². The van der Waals surface area contributed by atoms with Crippen molar-refractivity contribution in [2.75, 3.05) is 29.1 Å². The van der Waals surface area contributed by atoms with Crippen LogP contribution in [-0.2, 0) is 14.8 Å². The summed E-state index contributed by atoms with van der Waals surface area (Å²) in [7, 11) is -2.04. The molecule has 0 atom stereocenters. The zero-order valence-corrected chi connectivity index (χ0v) is 17.0. The van der Waals surface area contributed by atoms with Gasteiger partial charge < -0.3 is 9.64 Å². The number of para-hydroxylation sites is 2. The van der Waals surface area contributed by atoms with E-state index in [0.29, 0.717) is 22.9 Å². The quantitative estimate of drug-likeness (QED) is 0.592. The van der Waals surface area contributed by atoms with Crippen LogP contribution < -0.4 is 13.9 Å². The van der Waals surface area contributed by atoms with E-state index in [1.165, 1.54) is 4.90 Å². The van der Waals surface area contributed by atoms with Crippen LogP contribution in [0.5, 0.6) is 11.5 Å². The van der Waals surface area contributed by atoms with Crippen molar-refractivity contribution in [2.45, 2.75) is 0 Å². The van der Waals surface area contributed by atoms with Crippen molar-refractivity contribution in [2.24, 2.45) is 0 Å². The van der Waals surface area contributed by atoms with E-state index < -0.39 is 10.0 Å². The molecule has 3 aromatic carbocycles. The third-order valence-corrected chi connectivity index (χ3v) is 5.44. The van der Waals surface area contributed by atoms with Gasteiger partial charge in [-0.2, -0.15) is 0 Å². The number of nitrogens with zero attached hydrogens (tertiary/aromatic N) is 2. The van der Waals surface area contributed by atoms with Gasteiger partial charge in [0.05, 0.1) is 11.9 Å². The predicted octanol–water partition coefficient (Wildman–Crippen LogP) is 3.91. The Morgan fingerprint density at radius 3 is 1.86 bits per heavy atom. The van der Waals surface area contributed by atoms with E-state index >= 15 is 0 Å². The van der Waals surface area contributed by atoms with Gasteiger partial charge in [-0.05, 0) is 48.5 Å². The van der Waals surface area contributed by atoms with E-state index in [2.05, 4.69) is 0 Å². The van der Waals surface area contributed by atoms with Crippen LogP contribution in [0.3, 0.4) is 0 Å². The molecule has 1 amide bonds. The molecule has 0 fully saturated rings. The first-order valence-electron chi connectivity index (χ1n) is 8.97. The number of likely N-dealkylation sites (N-methyl/N-ethyl adjacent to an activating group) is 1. The first kappa shape index (κ1) is 20.4. The smallest absolute Gasteiger partial charge is 0.247 e. The Morgan fingerprint density at radius 1 is 0.793 bits per heavy atom. The Morgan fingerprint density at radius 2 is 1.31 bits per heavy atom. The normalized spacial score (nSPS) is 11.0. The molecule has 0 N–H and O–H groups in total. The summed E-state index contributed by atoms with van der Waals surface area (Å²) >= 11 is 0. The number of benzene rings is 3. The number of carbonyl (C=O) groups is 1. The largest absolute Gasteiger partial charge is 0.457 e. The Hall–Kier alpha value is -3.32. The molecule has 0 aromatic heterocycles. The van der Waals surface area contributed by atoms with Gasteiger partial charge in [0.25, 0.3) is 0 Å². The molecule has 29 heavy (non-hydrogen) atoms. The summed E-state index contributed by atoms with van der Waals surface area (Å²) in [4.78, 5) is 14.1. The molecule has 0 spiro atoms. The molecule has 0 heterocycles. The lowest BCUT2D eigenvalue weighted by atomic mass is 10.2. The number of ether oxygens (including phenoxy) is 1. The second-order valence-corrected chi connectivity index (χ2v) is 8.37. The third-order valence-electron chi connectivity index (χ3n) is 4.30. The van der Waals surface area contributed by atoms with Gasteiger partial charge in [0.2, 0.25) is 15.9 Å². The van der Waals surface area contributed by atoms with E-state index in [-0.39, 0.29) is 12.5 Å². The molecular formula is C22H22N2O4S. The van der Waals surface area contributed by atoms with Crippen LogP contribution in [0.15, 0.2) is 84.9 Å². The SMILES string of the molecule is CN(C(=O)CN(c1ccc(Oc2ccccc2)cc1)S(C)(=O)=O)c1ccccc1. The number of hydrogen-bond acceptors (Lipinski definition) is 4. The average molecular weight is 410 g/mol. The van der Waals surface area contributed by atoms with Crippen molar-refractivity contribution < 1.29 is 17.9 Å². The van der Waals surface area contributed by atoms with E-state index in [4.69, 9.17) is 4.74 Å². The molecule has 6 nitrogen and oxygen atoms in total. The van der Waals surface area contributed by atoms with Gasteiger partial charge in [0, 0.05) is 12.7 Å². The van der Waals surface area contributed by atoms with Crippen LogP contribution in [0.4, 0.5) is 11.4 Å². The van der Waals surface area contributed by atoms with Gasteiger partial charge in [0.1, 0.15) is 18.0 Å². The van der Waals surface area contributed by atoms with Crippen molar-refractivity contribution in [3.05, 3.63) is 84.9 Å². The number of carbonyl (C=O) groups excluding carboxylic acids is 1. The van der Waals surface area contributed by atoms with Gasteiger partial charge in [-0.3, -0.25) is 9.10 Å². The summed E-state index contributed by atoms with van der Waals surface area (Å²) < 4.78 is 31.5. The monoisotopic (exact) mass is 410 g/mol. The lowest BCUT2D eigenvalue weighted by Gasteiger charge is -2.25. The van der Waals surface area contributed by atoms with Crippen molar-refractivity contribution in [1.29, 1.82) is 0 Å². The van der Waals surface area contributed by atoms with E-state index in [1.54, 1.807) is 43.4 Å². The molecule has 0 saturated carbocycles. The number of anilines is 2. The van der Waals surface area contributed by atoms with Crippen LogP contribution in [0.1, 0.15) is 0 Å². The highest BCUT2D eigenvalue weighted by Crippen LogP contribution is 2.25. The Kier molecular flexibility index (Phi) is 6.19. The maximum Gasteiger partial charge on any atom is 0.247 e. The molecule has 3 aromatic rings. The van der Waals surface area contributed by atoms with Crippen LogP contribution in [0, 0.1) is 0 Å². The molecule has 0 bridgehead atoms. The molecule has 7 heteroatoms. The summed E-state index contributed by atoms with van der Waals surface area (Å²) in [5.41, 5.74) is 1.08. The Bertz CT molecular complexity index is 1050. The van der Waals surface area contributed by atoms with Crippen molar-refractivity contribution >= 4 is 27.3 Å². The van der Waals surface area contributed by atoms with Gasteiger partial charge in [0.15, 0.2) is 0 Å². The summed E-state index contributed by atoms with van der Waals surface area (Å²) in [5, 5.41) is 0.